The molecule has 2 aromatic heterocycles. The lowest BCUT2D eigenvalue weighted by Gasteiger charge is -2.11. The summed E-state index contributed by atoms with van der Waals surface area (Å²) in [6.45, 7) is 2.90. The lowest BCUT2D eigenvalue weighted by atomic mass is 10.1. The molecule has 0 unspecified atom stereocenters. The summed E-state index contributed by atoms with van der Waals surface area (Å²) in [5, 5.41) is 12.4. The van der Waals surface area contributed by atoms with Crippen LogP contribution in [0.15, 0.2) is 42.5 Å². The van der Waals surface area contributed by atoms with Crippen molar-refractivity contribution in [2.75, 3.05) is 13.1 Å². The highest BCUT2D eigenvalue weighted by Crippen LogP contribution is 2.31. The third-order valence-corrected chi connectivity index (χ3v) is 5.37. The van der Waals surface area contributed by atoms with E-state index in [9.17, 15) is 9.18 Å². The van der Waals surface area contributed by atoms with Crippen LogP contribution in [-0.2, 0) is 6.54 Å². The normalized spacial score (nSPS) is 14.6. The summed E-state index contributed by atoms with van der Waals surface area (Å²) in [6.07, 6.45) is 2.43. The van der Waals surface area contributed by atoms with Crippen LogP contribution in [0.2, 0.25) is 0 Å². The highest BCUT2D eigenvalue weighted by Gasteiger charge is 2.18. The van der Waals surface area contributed by atoms with Gasteiger partial charge in [0.05, 0.1) is 12.1 Å². The number of carbonyl (C=O) groups is 1. The molecule has 1 aliphatic rings. The van der Waals surface area contributed by atoms with Gasteiger partial charge >= 0.3 is 6.03 Å². The Hall–Kier alpha value is -3.59. The van der Waals surface area contributed by atoms with Gasteiger partial charge in [0.1, 0.15) is 17.3 Å². The van der Waals surface area contributed by atoms with Gasteiger partial charge in [0.2, 0.25) is 0 Å². The number of primary amides is 1. The van der Waals surface area contributed by atoms with Crippen molar-refractivity contribution in [1.29, 1.82) is 0 Å². The molecule has 1 saturated heterocycles. The number of nitrogens with one attached hydrogen (secondary N) is 1. The molecule has 0 saturated carbocycles. The van der Waals surface area contributed by atoms with Gasteiger partial charge in [-0.2, -0.15) is 14.9 Å². The Bertz CT molecular complexity index is 1220. The van der Waals surface area contributed by atoms with E-state index in [4.69, 9.17) is 5.73 Å². The van der Waals surface area contributed by atoms with E-state index in [0.717, 1.165) is 35.7 Å². The third-order valence-electron chi connectivity index (χ3n) is 5.37. The first-order valence-corrected chi connectivity index (χ1v) is 9.81. The number of nitrogens with two attached hydrogens (primary N) is 1. The van der Waals surface area contributed by atoms with Crippen LogP contribution in [0.5, 0.6) is 0 Å². The van der Waals surface area contributed by atoms with Crippen LogP contribution in [-0.4, -0.2) is 49.0 Å². The van der Waals surface area contributed by atoms with E-state index in [2.05, 4.69) is 25.2 Å². The zero-order chi connectivity index (χ0) is 20.7. The van der Waals surface area contributed by atoms with Crippen molar-refractivity contribution < 1.29 is 9.18 Å². The second kappa shape index (κ2) is 7.34. The molecule has 4 aromatic rings. The Labute approximate surface area is 171 Å². The maximum Gasteiger partial charge on any atom is 0.340 e. The summed E-state index contributed by atoms with van der Waals surface area (Å²) >= 11 is 0. The van der Waals surface area contributed by atoms with Gasteiger partial charge in [-0.15, -0.1) is 0 Å². The van der Waals surface area contributed by atoms with E-state index in [-0.39, 0.29) is 5.82 Å². The fourth-order valence-corrected chi connectivity index (χ4v) is 3.89. The van der Waals surface area contributed by atoms with Crippen LogP contribution in [0.3, 0.4) is 0 Å². The number of rotatable bonds is 4. The number of benzene rings is 2. The SMILES string of the molecule is NC(=O)n1nc(-c2ccc(F)cc2)c2cc(-c3n[nH]c(CN4CCCC4)n3)ccc21. The number of likely N-dealkylation sites (tertiary alicyclic amines) is 1. The molecule has 0 aliphatic carbocycles. The van der Waals surface area contributed by atoms with Gasteiger partial charge in [0.15, 0.2) is 5.82 Å². The minimum atomic E-state index is -0.688. The largest absolute Gasteiger partial charge is 0.350 e. The Morgan fingerprint density at radius 2 is 1.83 bits per heavy atom. The van der Waals surface area contributed by atoms with Crippen molar-refractivity contribution in [1.82, 2.24) is 29.9 Å². The fourth-order valence-electron chi connectivity index (χ4n) is 3.89. The summed E-state index contributed by atoms with van der Waals surface area (Å²) in [7, 11) is 0. The minimum absolute atomic E-state index is 0.343. The van der Waals surface area contributed by atoms with E-state index in [1.165, 1.54) is 25.0 Å². The molecule has 152 valence electrons. The number of hydrogen-bond donors (Lipinski definition) is 2. The first-order valence-electron chi connectivity index (χ1n) is 9.81. The number of carbonyl (C=O) groups excluding carboxylic acids is 1. The number of aromatic nitrogens is 5. The molecule has 5 rings (SSSR count). The van der Waals surface area contributed by atoms with Crippen LogP contribution in [0, 0.1) is 5.82 Å². The van der Waals surface area contributed by atoms with Crippen LogP contribution in [0.1, 0.15) is 18.7 Å². The second-order valence-electron chi connectivity index (χ2n) is 7.43. The summed E-state index contributed by atoms with van der Waals surface area (Å²) in [4.78, 5) is 18.8. The summed E-state index contributed by atoms with van der Waals surface area (Å²) in [6, 6.07) is 10.7. The Kier molecular flexibility index (Phi) is 4.51. The van der Waals surface area contributed by atoms with E-state index >= 15 is 0 Å². The van der Waals surface area contributed by atoms with Crippen molar-refractivity contribution in [3.8, 4) is 22.6 Å². The van der Waals surface area contributed by atoms with Crippen LogP contribution in [0.4, 0.5) is 9.18 Å². The van der Waals surface area contributed by atoms with Crippen LogP contribution in [0.25, 0.3) is 33.5 Å². The van der Waals surface area contributed by atoms with Gasteiger partial charge in [0, 0.05) is 16.5 Å². The van der Waals surface area contributed by atoms with Gasteiger partial charge in [-0.3, -0.25) is 10.00 Å². The molecule has 0 spiro atoms. The van der Waals surface area contributed by atoms with E-state index in [0.29, 0.717) is 28.0 Å². The molecule has 0 radical (unpaired) electrons. The molecule has 0 bridgehead atoms. The predicted octanol–water partition coefficient (Wildman–Crippen LogP) is 3.15. The van der Waals surface area contributed by atoms with Crippen molar-refractivity contribution in [2.45, 2.75) is 19.4 Å². The fraction of sp³-hybridized carbons (Fsp3) is 0.238. The number of hydrogen-bond acceptors (Lipinski definition) is 5. The monoisotopic (exact) mass is 405 g/mol. The van der Waals surface area contributed by atoms with Gasteiger partial charge in [-0.05, 0) is 68.4 Å². The zero-order valence-corrected chi connectivity index (χ0v) is 16.2. The smallest absolute Gasteiger partial charge is 0.340 e. The molecule has 8 nitrogen and oxygen atoms in total. The quantitative estimate of drug-likeness (QED) is 0.543. The van der Waals surface area contributed by atoms with Crippen molar-refractivity contribution >= 4 is 16.9 Å². The average molecular weight is 405 g/mol. The molecule has 2 aromatic carbocycles. The molecular formula is C21H20FN7O. The number of H-pyrrole nitrogens is 1. The number of nitrogens with zero attached hydrogens (tertiary/aromatic N) is 5. The van der Waals surface area contributed by atoms with Gasteiger partial charge in [-0.25, -0.2) is 14.2 Å². The van der Waals surface area contributed by atoms with E-state index in [1.807, 2.05) is 12.1 Å². The van der Waals surface area contributed by atoms with Gasteiger partial charge in [0.25, 0.3) is 0 Å². The van der Waals surface area contributed by atoms with Crippen molar-refractivity contribution in [3.05, 3.63) is 54.1 Å². The lowest BCUT2D eigenvalue weighted by Crippen LogP contribution is -2.20. The standard InChI is InChI=1S/C21H20FN7O/c22-15-6-3-13(4-7-15)19-16-11-14(5-8-17(16)29(27-19)21(23)30)20-24-18(25-26-20)12-28-9-1-2-10-28/h3-8,11H,1-2,9-10,12H2,(H2,23,30)(H,24,25,26). The van der Waals surface area contributed by atoms with Crippen molar-refractivity contribution in [3.63, 3.8) is 0 Å². The minimum Gasteiger partial charge on any atom is -0.350 e. The predicted molar refractivity (Wildman–Crippen MR) is 110 cm³/mol. The highest BCUT2D eigenvalue weighted by molar-refractivity contribution is 5.99. The molecule has 30 heavy (non-hydrogen) atoms. The Morgan fingerprint density at radius 3 is 2.57 bits per heavy atom. The van der Waals surface area contributed by atoms with Gasteiger partial charge < -0.3 is 5.73 Å². The second-order valence-corrected chi connectivity index (χ2v) is 7.43. The van der Waals surface area contributed by atoms with Gasteiger partial charge in [-0.1, -0.05) is 0 Å². The zero-order valence-electron chi connectivity index (χ0n) is 16.2. The summed E-state index contributed by atoms with van der Waals surface area (Å²) in [5.74, 6) is 1.05. The maximum absolute atomic E-state index is 13.4. The molecule has 3 N–H and O–H groups in total. The number of fused-ring (bicyclic) bond motifs is 1. The average Bonchev–Trinajstić information content (AvgIpc) is 3.48. The molecule has 1 fully saturated rings. The topological polar surface area (TPSA) is 106 Å². The molecular weight excluding hydrogens is 385 g/mol. The highest BCUT2D eigenvalue weighted by atomic mass is 19.1. The Balaban J connectivity index is 1.56. The first kappa shape index (κ1) is 18.4. The van der Waals surface area contributed by atoms with Crippen LogP contribution < -0.4 is 5.73 Å². The molecule has 0 atom stereocenters. The summed E-state index contributed by atoms with van der Waals surface area (Å²) in [5.41, 5.74) is 8.08. The molecule has 9 heteroatoms. The van der Waals surface area contributed by atoms with E-state index < -0.39 is 6.03 Å². The van der Waals surface area contributed by atoms with Crippen molar-refractivity contribution in [2.24, 2.45) is 5.73 Å². The lowest BCUT2D eigenvalue weighted by molar-refractivity contribution is 0.248. The molecule has 1 amide bonds. The molecule has 1 aliphatic heterocycles. The summed E-state index contributed by atoms with van der Waals surface area (Å²) < 4.78 is 14.5. The Morgan fingerprint density at radius 1 is 1.10 bits per heavy atom. The number of halogens is 1. The molecule has 3 heterocycles. The van der Waals surface area contributed by atoms with E-state index in [1.54, 1.807) is 18.2 Å². The first-order chi connectivity index (χ1) is 14.6. The maximum atomic E-state index is 13.4. The third kappa shape index (κ3) is 3.33. The van der Waals surface area contributed by atoms with Crippen LogP contribution >= 0.6 is 0 Å². The number of aromatic amines is 1. The number of amides is 1.